The molecule has 5 nitrogen and oxygen atoms in total. The maximum absolute atomic E-state index is 10.9. The Balaban J connectivity index is 2.53. The number of nitro groups is 1. The summed E-state index contributed by atoms with van der Waals surface area (Å²) in [5.74, 6) is 0. The highest BCUT2D eigenvalue weighted by Crippen LogP contribution is 2.29. The smallest absolute Gasteiger partial charge is 0.277 e. The Morgan fingerprint density at radius 1 is 1.19 bits per heavy atom. The Labute approximate surface area is 89.8 Å². The monoisotopic (exact) mass is 213 g/mol. The summed E-state index contributed by atoms with van der Waals surface area (Å²) in [5, 5.41) is 20.1. The van der Waals surface area contributed by atoms with Crippen LogP contribution in [0.15, 0.2) is 36.5 Å². The molecule has 0 atom stereocenters. The van der Waals surface area contributed by atoms with E-state index in [0.717, 1.165) is 16.3 Å². The lowest BCUT2D eigenvalue weighted by Crippen LogP contribution is -1.89. The molecule has 0 aliphatic carbocycles. The quantitative estimate of drug-likeness (QED) is 0.498. The number of nitro benzene ring substituents is 1. The van der Waals surface area contributed by atoms with E-state index in [-0.39, 0.29) is 10.6 Å². The molecule has 1 aromatic heterocycles. The normalized spacial score (nSPS) is 11.0. The Morgan fingerprint density at radius 2 is 2.06 bits per heavy atom. The molecule has 78 valence electrons. The molecule has 5 heteroatoms. The molecular formula is C11H7N3O2. The number of nitrogens with zero attached hydrogens (tertiary/aromatic N) is 2. The molecule has 1 heterocycles. The number of non-ortho nitro benzene ring substituents is 1. The zero-order valence-corrected chi connectivity index (χ0v) is 8.18. The molecule has 16 heavy (non-hydrogen) atoms. The number of aromatic amines is 1. The maximum atomic E-state index is 10.9. The van der Waals surface area contributed by atoms with Crippen LogP contribution < -0.4 is 0 Å². The molecule has 0 fully saturated rings. The van der Waals surface area contributed by atoms with Crippen molar-refractivity contribution in [1.29, 1.82) is 0 Å². The van der Waals surface area contributed by atoms with Gasteiger partial charge in [-0.3, -0.25) is 15.2 Å². The van der Waals surface area contributed by atoms with Gasteiger partial charge in [-0.25, -0.2) is 0 Å². The fraction of sp³-hybridized carbons (Fsp3) is 0. The number of aromatic nitrogens is 2. The minimum Gasteiger partial charge on any atom is -0.277 e. The van der Waals surface area contributed by atoms with Crippen LogP contribution in [0.1, 0.15) is 0 Å². The van der Waals surface area contributed by atoms with Crippen molar-refractivity contribution in [2.24, 2.45) is 0 Å². The first kappa shape index (κ1) is 8.84. The van der Waals surface area contributed by atoms with Gasteiger partial charge in [0, 0.05) is 16.8 Å². The first-order valence-corrected chi connectivity index (χ1v) is 4.76. The van der Waals surface area contributed by atoms with Crippen LogP contribution in [0.4, 0.5) is 5.69 Å². The van der Waals surface area contributed by atoms with Crippen molar-refractivity contribution in [2.45, 2.75) is 0 Å². The summed E-state index contributed by atoms with van der Waals surface area (Å²) in [6.45, 7) is 0. The molecule has 0 aliphatic rings. The summed E-state index contributed by atoms with van der Waals surface area (Å²) in [6, 6.07) is 8.62. The molecule has 0 saturated heterocycles. The standard InChI is InChI=1S/C11H7N3O2/c15-14(16)10-3-1-2-9-8(10)5-4-7-6-12-13-11(7)9/h1-6H,(H,12,13). The van der Waals surface area contributed by atoms with Gasteiger partial charge in [0.2, 0.25) is 0 Å². The van der Waals surface area contributed by atoms with E-state index in [1.807, 2.05) is 12.1 Å². The minimum atomic E-state index is -0.371. The molecule has 0 aliphatic heterocycles. The summed E-state index contributed by atoms with van der Waals surface area (Å²) < 4.78 is 0. The lowest BCUT2D eigenvalue weighted by molar-refractivity contribution is -0.383. The highest BCUT2D eigenvalue weighted by molar-refractivity contribution is 6.08. The van der Waals surface area contributed by atoms with Crippen LogP contribution in [0, 0.1) is 10.1 Å². The molecule has 1 N–H and O–H groups in total. The van der Waals surface area contributed by atoms with Crippen LogP contribution in [-0.4, -0.2) is 15.1 Å². The van der Waals surface area contributed by atoms with E-state index in [0.29, 0.717) is 5.39 Å². The molecular weight excluding hydrogens is 206 g/mol. The van der Waals surface area contributed by atoms with Gasteiger partial charge in [0.15, 0.2) is 0 Å². The number of nitrogens with one attached hydrogen (secondary N) is 1. The summed E-state index contributed by atoms with van der Waals surface area (Å²) in [5.41, 5.74) is 0.954. The molecule has 0 spiro atoms. The fourth-order valence-corrected chi connectivity index (χ4v) is 1.92. The van der Waals surface area contributed by atoms with E-state index in [4.69, 9.17) is 0 Å². The highest BCUT2D eigenvalue weighted by Gasteiger charge is 2.12. The van der Waals surface area contributed by atoms with Crippen molar-refractivity contribution < 1.29 is 4.92 Å². The number of H-pyrrole nitrogens is 1. The molecule has 2 aromatic carbocycles. The zero-order chi connectivity index (χ0) is 11.1. The Hall–Kier alpha value is -2.43. The summed E-state index contributed by atoms with van der Waals surface area (Å²) in [7, 11) is 0. The molecule has 0 saturated carbocycles. The predicted molar refractivity (Wildman–Crippen MR) is 60.3 cm³/mol. The number of rotatable bonds is 1. The van der Waals surface area contributed by atoms with E-state index in [1.54, 1.807) is 18.3 Å². The minimum absolute atomic E-state index is 0.119. The van der Waals surface area contributed by atoms with Crippen LogP contribution in [0.25, 0.3) is 21.7 Å². The fourth-order valence-electron chi connectivity index (χ4n) is 1.92. The summed E-state index contributed by atoms with van der Waals surface area (Å²) in [6.07, 6.45) is 1.70. The lowest BCUT2D eigenvalue weighted by atomic mass is 10.1. The molecule has 0 radical (unpaired) electrons. The van der Waals surface area contributed by atoms with E-state index in [9.17, 15) is 10.1 Å². The Morgan fingerprint density at radius 3 is 2.88 bits per heavy atom. The summed E-state index contributed by atoms with van der Waals surface area (Å²) >= 11 is 0. The van der Waals surface area contributed by atoms with Gasteiger partial charge in [0.25, 0.3) is 5.69 Å². The van der Waals surface area contributed by atoms with Crippen molar-refractivity contribution in [3.8, 4) is 0 Å². The van der Waals surface area contributed by atoms with Gasteiger partial charge in [0.1, 0.15) is 0 Å². The van der Waals surface area contributed by atoms with Crippen LogP contribution in [0.3, 0.4) is 0 Å². The van der Waals surface area contributed by atoms with Crippen LogP contribution >= 0.6 is 0 Å². The molecule has 3 aromatic rings. The second-order valence-electron chi connectivity index (χ2n) is 3.53. The van der Waals surface area contributed by atoms with E-state index in [2.05, 4.69) is 10.2 Å². The van der Waals surface area contributed by atoms with Crippen molar-refractivity contribution in [1.82, 2.24) is 10.2 Å². The number of hydrogen-bond donors (Lipinski definition) is 1. The second-order valence-corrected chi connectivity index (χ2v) is 3.53. The maximum Gasteiger partial charge on any atom is 0.277 e. The highest BCUT2D eigenvalue weighted by atomic mass is 16.6. The van der Waals surface area contributed by atoms with Gasteiger partial charge in [-0.2, -0.15) is 5.10 Å². The lowest BCUT2D eigenvalue weighted by Gasteiger charge is -1.99. The third-order valence-electron chi connectivity index (χ3n) is 2.65. The van der Waals surface area contributed by atoms with Crippen molar-refractivity contribution >= 4 is 27.4 Å². The van der Waals surface area contributed by atoms with E-state index >= 15 is 0 Å². The largest absolute Gasteiger partial charge is 0.277 e. The van der Waals surface area contributed by atoms with E-state index in [1.165, 1.54) is 6.07 Å². The molecule has 0 bridgehead atoms. The van der Waals surface area contributed by atoms with Crippen LogP contribution in [-0.2, 0) is 0 Å². The second kappa shape index (κ2) is 3.03. The zero-order valence-electron chi connectivity index (χ0n) is 8.18. The topological polar surface area (TPSA) is 71.8 Å². The SMILES string of the molecule is O=[N+]([O-])c1cccc2c1ccc1cn[nH]c12. The van der Waals surface area contributed by atoms with Gasteiger partial charge in [-0.05, 0) is 6.07 Å². The Kier molecular flexibility index (Phi) is 1.67. The first-order valence-electron chi connectivity index (χ1n) is 4.76. The molecule has 0 unspecified atom stereocenters. The van der Waals surface area contributed by atoms with Gasteiger partial charge in [0.05, 0.1) is 22.0 Å². The van der Waals surface area contributed by atoms with Crippen molar-refractivity contribution in [3.63, 3.8) is 0 Å². The Bertz CT molecular complexity index is 703. The third kappa shape index (κ3) is 1.08. The van der Waals surface area contributed by atoms with Gasteiger partial charge in [-0.15, -0.1) is 0 Å². The average Bonchev–Trinajstić information content (AvgIpc) is 2.76. The number of hydrogen-bond acceptors (Lipinski definition) is 3. The average molecular weight is 213 g/mol. The van der Waals surface area contributed by atoms with Crippen molar-refractivity contribution in [2.75, 3.05) is 0 Å². The van der Waals surface area contributed by atoms with Crippen molar-refractivity contribution in [3.05, 3.63) is 46.6 Å². The third-order valence-corrected chi connectivity index (χ3v) is 2.65. The summed E-state index contributed by atoms with van der Waals surface area (Å²) in [4.78, 5) is 10.5. The van der Waals surface area contributed by atoms with Gasteiger partial charge < -0.3 is 0 Å². The molecule has 0 amide bonds. The number of benzene rings is 2. The van der Waals surface area contributed by atoms with Crippen LogP contribution in [0.5, 0.6) is 0 Å². The number of fused-ring (bicyclic) bond motifs is 3. The van der Waals surface area contributed by atoms with Gasteiger partial charge >= 0.3 is 0 Å². The molecule has 3 rings (SSSR count). The van der Waals surface area contributed by atoms with E-state index < -0.39 is 0 Å². The first-order chi connectivity index (χ1) is 7.77. The van der Waals surface area contributed by atoms with Crippen LogP contribution in [0.2, 0.25) is 0 Å². The van der Waals surface area contributed by atoms with Gasteiger partial charge in [-0.1, -0.05) is 18.2 Å². The predicted octanol–water partition coefficient (Wildman–Crippen LogP) is 2.62.